The minimum atomic E-state index is 0.177. The lowest BCUT2D eigenvalue weighted by Crippen LogP contribution is -2.56. The summed E-state index contributed by atoms with van der Waals surface area (Å²) >= 11 is 0. The number of para-hydroxylation sites is 1. The maximum Gasteiger partial charge on any atom is 0.0549 e. The van der Waals surface area contributed by atoms with Crippen LogP contribution < -0.4 is 10.6 Å². The molecule has 1 unspecified atom stereocenters. The van der Waals surface area contributed by atoms with E-state index >= 15 is 0 Å². The third-order valence-corrected chi connectivity index (χ3v) is 4.64. The fourth-order valence-corrected chi connectivity index (χ4v) is 3.27. The monoisotopic (exact) mass is 260 g/mol. The van der Waals surface area contributed by atoms with Crippen molar-refractivity contribution >= 4 is 5.69 Å². The molecule has 1 aromatic rings. The van der Waals surface area contributed by atoms with Crippen molar-refractivity contribution in [2.45, 2.75) is 51.5 Å². The Balaban J connectivity index is 2.29. The number of nitrogens with zero attached hydrogens (tertiary/aromatic N) is 1. The Morgan fingerprint density at radius 1 is 1.21 bits per heavy atom. The van der Waals surface area contributed by atoms with Gasteiger partial charge < -0.3 is 10.6 Å². The van der Waals surface area contributed by atoms with Crippen molar-refractivity contribution < 1.29 is 0 Å². The summed E-state index contributed by atoms with van der Waals surface area (Å²) in [6, 6.07) is 10.8. The molecule has 2 nitrogen and oxygen atoms in total. The van der Waals surface area contributed by atoms with Crippen LogP contribution in [0.15, 0.2) is 30.3 Å². The lowest BCUT2D eigenvalue weighted by molar-refractivity contribution is 0.331. The van der Waals surface area contributed by atoms with E-state index in [0.29, 0.717) is 0 Å². The normalized spacial score (nSPS) is 18.1. The molecule has 0 aromatic heterocycles. The molecular formula is C17H28N2. The van der Waals surface area contributed by atoms with Gasteiger partial charge in [-0.3, -0.25) is 0 Å². The summed E-state index contributed by atoms with van der Waals surface area (Å²) in [5.74, 6) is 0.791. The molecule has 1 saturated carbocycles. The molecule has 0 radical (unpaired) electrons. The summed E-state index contributed by atoms with van der Waals surface area (Å²) in [5.41, 5.74) is 7.75. The van der Waals surface area contributed by atoms with Gasteiger partial charge in [0.05, 0.1) is 5.54 Å². The van der Waals surface area contributed by atoms with Gasteiger partial charge in [0.15, 0.2) is 0 Å². The molecular weight excluding hydrogens is 232 g/mol. The predicted molar refractivity (Wildman–Crippen MR) is 83.5 cm³/mol. The Morgan fingerprint density at radius 2 is 1.89 bits per heavy atom. The van der Waals surface area contributed by atoms with Gasteiger partial charge in [0.25, 0.3) is 0 Å². The summed E-state index contributed by atoms with van der Waals surface area (Å²) in [4.78, 5) is 2.61. The first-order valence-corrected chi connectivity index (χ1v) is 7.81. The topological polar surface area (TPSA) is 29.3 Å². The average Bonchev–Trinajstić information content (AvgIpc) is 3.30. The van der Waals surface area contributed by atoms with Crippen molar-refractivity contribution in [3.8, 4) is 0 Å². The highest BCUT2D eigenvalue weighted by Crippen LogP contribution is 2.46. The molecule has 2 N–H and O–H groups in total. The van der Waals surface area contributed by atoms with Crippen LogP contribution in [-0.4, -0.2) is 18.6 Å². The number of rotatable bonds is 8. The van der Waals surface area contributed by atoms with Crippen LogP contribution in [0.25, 0.3) is 0 Å². The number of hydrogen-bond donors (Lipinski definition) is 1. The standard InChI is InChI=1S/C17H28N2/c1-3-5-13-19(16-9-7-6-8-10-16)17(4-2,14-18)15-11-12-15/h6-10,15H,3-5,11-14,18H2,1-2H3. The van der Waals surface area contributed by atoms with Gasteiger partial charge in [-0.05, 0) is 43.7 Å². The maximum atomic E-state index is 6.23. The Labute approximate surface area is 118 Å². The lowest BCUT2D eigenvalue weighted by atomic mass is 9.87. The molecule has 1 fully saturated rings. The zero-order chi connectivity index (χ0) is 13.7. The number of benzene rings is 1. The third kappa shape index (κ3) is 2.94. The van der Waals surface area contributed by atoms with Crippen molar-refractivity contribution in [2.24, 2.45) is 11.7 Å². The quantitative estimate of drug-likeness (QED) is 0.770. The van der Waals surface area contributed by atoms with E-state index < -0.39 is 0 Å². The van der Waals surface area contributed by atoms with Crippen LogP contribution in [0.5, 0.6) is 0 Å². The summed E-state index contributed by atoms with van der Waals surface area (Å²) in [7, 11) is 0. The number of unbranched alkanes of at least 4 members (excludes halogenated alkanes) is 1. The maximum absolute atomic E-state index is 6.23. The number of nitrogens with two attached hydrogens (primary N) is 1. The molecule has 1 aliphatic carbocycles. The van der Waals surface area contributed by atoms with E-state index in [1.54, 1.807) is 0 Å². The summed E-state index contributed by atoms with van der Waals surface area (Å²) in [6.07, 6.45) is 6.31. The summed E-state index contributed by atoms with van der Waals surface area (Å²) in [6.45, 7) is 6.46. The van der Waals surface area contributed by atoms with Crippen LogP contribution in [0.1, 0.15) is 46.0 Å². The highest BCUT2D eigenvalue weighted by molar-refractivity contribution is 5.50. The van der Waals surface area contributed by atoms with Gasteiger partial charge in [0.1, 0.15) is 0 Å². The molecule has 0 aliphatic heterocycles. The van der Waals surface area contributed by atoms with E-state index in [1.807, 2.05) is 0 Å². The highest BCUT2D eigenvalue weighted by Gasteiger charge is 2.46. The molecule has 1 aromatic carbocycles. The Bertz CT molecular complexity index is 366. The second-order valence-corrected chi connectivity index (χ2v) is 5.78. The first kappa shape index (κ1) is 14.4. The third-order valence-electron chi connectivity index (χ3n) is 4.64. The molecule has 0 heterocycles. The molecule has 0 saturated heterocycles. The van der Waals surface area contributed by atoms with Gasteiger partial charge in [0, 0.05) is 18.8 Å². The van der Waals surface area contributed by atoms with E-state index in [9.17, 15) is 0 Å². The first-order valence-electron chi connectivity index (χ1n) is 7.81. The van der Waals surface area contributed by atoms with Crippen LogP contribution in [0, 0.1) is 5.92 Å². The number of hydrogen-bond acceptors (Lipinski definition) is 2. The lowest BCUT2D eigenvalue weighted by Gasteiger charge is -2.45. The molecule has 2 rings (SSSR count). The van der Waals surface area contributed by atoms with E-state index in [1.165, 1.54) is 31.4 Å². The Kier molecular flexibility index (Phi) is 4.87. The zero-order valence-corrected chi connectivity index (χ0v) is 12.4. The van der Waals surface area contributed by atoms with E-state index in [4.69, 9.17) is 5.73 Å². The van der Waals surface area contributed by atoms with Crippen LogP contribution in [-0.2, 0) is 0 Å². The summed E-state index contributed by atoms with van der Waals surface area (Å²) < 4.78 is 0. The van der Waals surface area contributed by atoms with E-state index in [2.05, 4.69) is 49.1 Å². The van der Waals surface area contributed by atoms with Crippen molar-refractivity contribution in [1.29, 1.82) is 0 Å². The molecule has 0 amide bonds. The van der Waals surface area contributed by atoms with Crippen molar-refractivity contribution in [3.63, 3.8) is 0 Å². The van der Waals surface area contributed by atoms with Gasteiger partial charge in [-0.25, -0.2) is 0 Å². The van der Waals surface area contributed by atoms with E-state index in [0.717, 1.165) is 25.4 Å². The molecule has 106 valence electrons. The molecule has 0 bridgehead atoms. The van der Waals surface area contributed by atoms with Crippen molar-refractivity contribution in [1.82, 2.24) is 0 Å². The summed E-state index contributed by atoms with van der Waals surface area (Å²) in [5, 5.41) is 0. The average molecular weight is 260 g/mol. The first-order chi connectivity index (χ1) is 9.28. The van der Waals surface area contributed by atoms with Gasteiger partial charge >= 0.3 is 0 Å². The Morgan fingerprint density at radius 3 is 2.37 bits per heavy atom. The Hall–Kier alpha value is -1.02. The fourth-order valence-electron chi connectivity index (χ4n) is 3.27. The number of anilines is 1. The van der Waals surface area contributed by atoms with Gasteiger partial charge in [-0.1, -0.05) is 38.5 Å². The van der Waals surface area contributed by atoms with Crippen molar-refractivity contribution in [2.75, 3.05) is 18.0 Å². The molecule has 1 atom stereocenters. The largest absolute Gasteiger partial charge is 0.364 e. The molecule has 0 spiro atoms. The van der Waals surface area contributed by atoms with Gasteiger partial charge in [-0.15, -0.1) is 0 Å². The predicted octanol–water partition coefficient (Wildman–Crippen LogP) is 3.81. The van der Waals surface area contributed by atoms with Gasteiger partial charge in [-0.2, -0.15) is 0 Å². The van der Waals surface area contributed by atoms with E-state index in [-0.39, 0.29) is 5.54 Å². The van der Waals surface area contributed by atoms with Crippen LogP contribution in [0.2, 0.25) is 0 Å². The SMILES string of the molecule is CCCCN(c1ccccc1)C(CC)(CN)C1CC1. The minimum Gasteiger partial charge on any atom is -0.364 e. The van der Waals surface area contributed by atoms with Crippen LogP contribution in [0.3, 0.4) is 0 Å². The highest BCUT2D eigenvalue weighted by atomic mass is 15.2. The fraction of sp³-hybridized carbons (Fsp3) is 0.647. The molecule has 1 aliphatic rings. The zero-order valence-electron chi connectivity index (χ0n) is 12.4. The van der Waals surface area contributed by atoms with Crippen molar-refractivity contribution in [3.05, 3.63) is 30.3 Å². The minimum absolute atomic E-state index is 0.177. The van der Waals surface area contributed by atoms with Gasteiger partial charge in [0.2, 0.25) is 0 Å². The van der Waals surface area contributed by atoms with Crippen LogP contribution >= 0.6 is 0 Å². The second kappa shape index (κ2) is 6.42. The molecule has 19 heavy (non-hydrogen) atoms. The second-order valence-electron chi connectivity index (χ2n) is 5.78. The smallest absolute Gasteiger partial charge is 0.0549 e. The van der Waals surface area contributed by atoms with Crippen LogP contribution in [0.4, 0.5) is 5.69 Å². The molecule has 2 heteroatoms.